The van der Waals surface area contributed by atoms with Crippen LogP contribution in [0.3, 0.4) is 0 Å². The van der Waals surface area contributed by atoms with E-state index in [1.165, 1.54) is 16.6 Å². The zero-order chi connectivity index (χ0) is 19.9. The van der Waals surface area contributed by atoms with E-state index in [9.17, 15) is 18.0 Å². The predicted molar refractivity (Wildman–Crippen MR) is 105 cm³/mol. The number of rotatable bonds is 5. The molecule has 0 amide bonds. The highest BCUT2D eigenvalue weighted by molar-refractivity contribution is 7.92. The van der Waals surface area contributed by atoms with Gasteiger partial charge in [0.25, 0.3) is 0 Å². The fourth-order valence-electron chi connectivity index (χ4n) is 3.25. The van der Waals surface area contributed by atoms with Crippen LogP contribution >= 0.6 is 0 Å². The largest absolute Gasteiger partial charge is 0.485 e. The minimum Gasteiger partial charge on any atom is -0.485 e. The maximum Gasteiger partial charge on any atom is 0.336 e. The molecule has 0 saturated carbocycles. The normalized spacial score (nSPS) is 13.5. The smallest absolute Gasteiger partial charge is 0.336 e. The topological polar surface area (TPSA) is 93.9 Å². The molecule has 1 aromatic heterocycles. The fraction of sp³-hybridized carbons (Fsp3) is 0.200. The second kappa shape index (κ2) is 6.79. The molecular weight excluding hydrogens is 382 g/mol. The fourth-order valence-corrected chi connectivity index (χ4v) is 4.21. The van der Waals surface area contributed by atoms with Gasteiger partial charge in [-0.05, 0) is 48.4 Å². The van der Waals surface area contributed by atoms with Crippen LogP contribution in [0.15, 0.2) is 57.7 Å². The lowest BCUT2D eigenvalue weighted by Gasteiger charge is -2.16. The van der Waals surface area contributed by atoms with E-state index in [0.717, 1.165) is 10.9 Å². The van der Waals surface area contributed by atoms with Crippen LogP contribution < -0.4 is 14.7 Å². The zero-order valence-corrected chi connectivity index (χ0v) is 15.9. The molecule has 0 bridgehead atoms. The molecule has 0 saturated heterocycles. The van der Waals surface area contributed by atoms with Crippen LogP contribution in [-0.4, -0.2) is 33.6 Å². The molecule has 0 fully saturated rings. The number of carbonyl (C=O) groups is 1. The van der Waals surface area contributed by atoms with E-state index in [-0.39, 0.29) is 12.4 Å². The van der Waals surface area contributed by atoms with E-state index < -0.39 is 15.6 Å². The number of hydrogen-bond donors (Lipinski definition) is 0. The summed E-state index contributed by atoms with van der Waals surface area (Å²) in [6.07, 6.45) is 1.73. The van der Waals surface area contributed by atoms with Gasteiger partial charge >= 0.3 is 5.63 Å². The van der Waals surface area contributed by atoms with E-state index in [1.807, 2.05) is 0 Å². The van der Waals surface area contributed by atoms with Crippen LogP contribution in [0.25, 0.3) is 11.0 Å². The number of ketones is 1. The molecule has 28 heavy (non-hydrogen) atoms. The molecule has 0 spiro atoms. The summed E-state index contributed by atoms with van der Waals surface area (Å²) in [6.45, 7) is 0.196. The molecule has 1 aliphatic rings. The average Bonchev–Trinajstić information content (AvgIpc) is 3.09. The molecule has 2 heterocycles. The molecule has 0 N–H and O–H groups in total. The van der Waals surface area contributed by atoms with Gasteiger partial charge in [-0.25, -0.2) is 13.2 Å². The highest BCUT2D eigenvalue weighted by atomic mass is 32.2. The Balaban J connectivity index is 1.50. The number of nitrogens with zero attached hydrogens (tertiary/aromatic N) is 1. The van der Waals surface area contributed by atoms with Gasteiger partial charge in [-0.15, -0.1) is 0 Å². The van der Waals surface area contributed by atoms with Gasteiger partial charge in [0.2, 0.25) is 10.0 Å². The van der Waals surface area contributed by atoms with Crippen molar-refractivity contribution in [2.24, 2.45) is 0 Å². The van der Waals surface area contributed by atoms with E-state index in [1.54, 1.807) is 42.5 Å². The number of hydrogen-bond acceptors (Lipinski definition) is 6. The van der Waals surface area contributed by atoms with Crippen molar-refractivity contribution < 1.29 is 22.4 Å². The number of fused-ring (bicyclic) bond motifs is 2. The van der Waals surface area contributed by atoms with Crippen molar-refractivity contribution in [3.05, 3.63) is 70.1 Å². The molecule has 0 atom stereocenters. The number of ether oxygens (including phenoxy) is 1. The molecule has 8 heteroatoms. The Bertz CT molecular complexity index is 1250. The molecule has 7 nitrogen and oxygen atoms in total. The summed E-state index contributed by atoms with van der Waals surface area (Å²) in [6, 6.07) is 13.0. The SMILES string of the molecule is CS(=O)(=O)N1CCc2cc(C(=O)COc3ccc4ccc(=O)oc4c3)ccc21. The second-order valence-electron chi connectivity index (χ2n) is 6.59. The summed E-state index contributed by atoms with van der Waals surface area (Å²) in [5.41, 5.74) is 1.83. The highest BCUT2D eigenvalue weighted by Gasteiger charge is 2.26. The van der Waals surface area contributed by atoms with Crippen LogP contribution in [0.5, 0.6) is 5.75 Å². The zero-order valence-electron chi connectivity index (χ0n) is 15.0. The quantitative estimate of drug-likeness (QED) is 0.483. The molecular formula is C20H17NO6S. The van der Waals surface area contributed by atoms with Gasteiger partial charge in [-0.1, -0.05) is 0 Å². The maximum atomic E-state index is 12.5. The molecule has 1 aliphatic heterocycles. The maximum absolute atomic E-state index is 12.5. The number of sulfonamides is 1. The van der Waals surface area contributed by atoms with E-state index in [2.05, 4.69) is 0 Å². The van der Waals surface area contributed by atoms with E-state index in [0.29, 0.717) is 35.5 Å². The minimum absolute atomic E-state index is 0.183. The van der Waals surface area contributed by atoms with Crippen LogP contribution in [0.1, 0.15) is 15.9 Å². The van der Waals surface area contributed by atoms with Gasteiger partial charge in [0, 0.05) is 29.6 Å². The average molecular weight is 399 g/mol. The second-order valence-corrected chi connectivity index (χ2v) is 8.50. The predicted octanol–water partition coefficient (Wildman–Crippen LogP) is 2.38. The van der Waals surface area contributed by atoms with Gasteiger partial charge in [-0.2, -0.15) is 0 Å². The van der Waals surface area contributed by atoms with Gasteiger partial charge in [0.15, 0.2) is 12.4 Å². The Morgan fingerprint density at radius 3 is 2.71 bits per heavy atom. The van der Waals surface area contributed by atoms with Crippen LogP contribution in [0.2, 0.25) is 0 Å². The van der Waals surface area contributed by atoms with Crippen molar-refractivity contribution >= 4 is 32.5 Å². The summed E-state index contributed by atoms with van der Waals surface area (Å²) < 4.78 is 35.6. The molecule has 3 aromatic rings. The standard InChI is InChI=1S/C20H17NO6S/c1-28(24,25)21-9-8-14-10-15(3-6-17(14)21)18(22)12-26-16-5-2-13-4-7-20(23)27-19(13)11-16/h2-7,10-11H,8-9,12H2,1H3. The van der Waals surface area contributed by atoms with Crippen LogP contribution in [-0.2, 0) is 16.4 Å². The molecule has 4 rings (SSSR count). The summed E-state index contributed by atoms with van der Waals surface area (Å²) in [5, 5.41) is 0.757. The first-order valence-electron chi connectivity index (χ1n) is 8.62. The van der Waals surface area contributed by atoms with Gasteiger partial charge in [0.05, 0.1) is 11.9 Å². The van der Waals surface area contributed by atoms with Gasteiger partial charge in [0.1, 0.15) is 11.3 Å². The Labute approximate surface area is 161 Å². The minimum atomic E-state index is -3.32. The monoisotopic (exact) mass is 399 g/mol. The van der Waals surface area contributed by atoms with Crippen molar-refractivity contribution in [2.75, 3.05) is 23.7 Å². The van der Waals surface area contributed by atoms with E-state index in [4.69, 9.17) is 9.15 Å². The number of anilines is 1. The molecule has 2 aromatic carbocycles. The third kappa shape index (κ3) is 3.50. The summed E-state index contributed by atoms with van der Waals surface area (Å²) in [5.74, 6) is 0.190. The lowest BCUT2D eigenvalue weighted by Crippen LogP contribution is -2.27. The molecule has 144 valence electrons. The Morgan fingerprint density at radius 2 is 1.93 bits per heavy atom. The number of Topliss-reactive ketones (excluding diaryl/α,β-unsaturated/α-hetero) is 1. The summed E-state index contributed by atoms with van der Waals surface area (Å²) >= 11 is 0. The Morgan fingerprint density at radius 1 is 1.14 bits per heavy atom. The van der Waals surface area contributed by atoms with Crippen molar-refractivity contribution in [1.29, 1.82) is 0 Å². The lowest BCUT2D eigenvalue weighted by atomic mass is 10.1. The first-order valence-corrected chi connectivity index (χ1v) is 10.5. The third-order valence-electron chi connectivity index (χ3n) is 4.62. The first-order chi connectivity index (χ1) is 13.3. The van der Waals surface area contributed by atoms with E-state index >= 15 is 0 Å². The van der Waals surface area contributed by atoms with Crippen molar-refractivity contribution in [2.45, 2.75) is 6.42 Å². The lowest BCUT2D eigenvalue weighted by molar-refractivity contribution is 0.0921. The molecule has 0 unspecified atom stereocenters. The van der Waals surface area contributed by atoms with Crippen LogP contribution in [0.4, 0.5) is 5.69 Å². The number of carbonyl (C=O) groups excluding carboxylic acids is 1. The van der Waals surface area contributed by atoms with Crippen molar-refractivity contribution in [1.82, 2.24) is 0 Å². The Hall–Kier alpha value is -3.13. The number of benzene rings is 2. The van der Waals surface area contributed by atoms with Crippen LogP contribution in [0, 0.1) is 0 Å². The Kier molecular flexibility index (Phi) is 4.43. The molecule has 0 aliphatic carbocycles. The summed E-state index contributed by atoms with van der Waals surface area (Å²) in [7, 11) is -3.32. The highest BCUT2D eigenvalue weighted by Crippen LogP contribution is 2.31. The summed E-state index contributed by atoms with van der Waals surface area (Å²) in [4.78, 5) is 23.8. The van der Waals surface area contributed by atoms with Crippen molar-refractivity contribution in [3.8, 4) is 5.75 Å². The third-order valence-corrected chi connectivity index (χ3v) is 5.80. The van der Waals surface area contributed by atoms with Gasteiger partial charge in [-0.3, -0.25) is 9.10 Å². The molecule has 0 radical (unpaired) electrons. The van der Waals surface area contributed by atoms with Gasteiger partial charge < -0.3 is 9.15 Å². The first kappa shape index (κ1) is 18.2. The van der Waals surface area contributed by atoms with Crippen molar-refractivity contribution in [3.63, 3.8) is 0 Å².